The van der Waals surface area contributed by atoms with E-state index in [1.165, 1.54) is 80.0 Å². The van der Waals surface area contributed by atoms with Crippen LogP contribution in [0.4, 0.5) is 11.4 Å². The van der Waals surface area contributed by atoms with Crippen LogP contribution in [0.2, 0.25) is 0 Å². The standard InChI is InChI=1S/C25H34N2.C16H28N2.HIS/c1-16(2)20-11-9-12-21(17(3)4)24(20)26-15-27-25-22(18(5)6)13-10-14-23(25)19(7)8;1-13-3-5-14(6-4-13)11-15-7-9-16(10-8-15)18-12-17-2;1-2/h9-14,16-19H,1-8H3;13-16H,3-11H2,1-2H3;2H. The maximum Gasteiger partial charge on any atom is 0.101 e. The van der Waals surface area contributed by atoms with Gasteiger partial charge in [-0.15, -0.1) is 9.80 Å². The van der Waals surface area contributed by atoms with Gasteiger partial charge in [-0.05, 0) is 117 Å². The van der Waals surface area contributed by atoms with Crippen LogP contribution in [0.25, 0.3) is 0 Å². The molecule has 0 spiro atoms. The van der Waals surface area contributed by atoms with Gasteiger partial charge < -0.3 is 0 Å². The first-order valence-electron chi connectivity index (χ1n) is 18.1. The summed E-state index contributed by atoms with van der Waals surface area (Å²) in [6, 6.07) is 19.3. The van der Waals surface area contributed by atoms with Crippen molar-refractivity contribution in [3.05, 3.63) is 58.7 Å². The number of benzene rings is 2. The lowest BCUT2D eigenvalue weighted by atomic mass is 9.75. The lowest BCUT2D eigenvalue weighted by Gasteiger charge is -2.32. The quantitative estimate of drug-likeness (QED) is 0.150. The van der Waals surface area contributed by atoms with E-state index in [1.54, 1.807) is 7.05 Å². The molecule has 47 heavy (non-hydrogen) atoms. The first-order chi connectivity index (χ1) is 22.5. The van der Waals surface area contributed by atoms with Crippen molar-refractivity contribution in [3.63, 3.8) is 0 Å². The number of hydrogen-bond acceptors (Lipinski definition) is 5. The van der Waals surface area contributed by atoms with Crippen molar-refractivity contribution >= 4 is 54.4 Å². The van der Waals surface area contributed by atoms with Crippen LogP contribution in [0.3, 0.4) is 0 Å². The highest BCUT2D eigenvalue weighted by Crippen LogP contribution is 2.38. The Morgan fingerprint density at radius 1 is 0.617 bits per heavy atom. The average Bonchev–Trinajstić information content (AvgIpc) is 3.06. The molecule has 4 nitrogen and oxygen atoms in total. The minimum atomic E-state index is 0.415. The van der Waals surface area contributed by atoms with Gasteiger partial charge in [0.05, 0.1) is 23.4 Å². The van der Waals surface area contributed by atoms with Crippen LogP contribution in [0.1, 0.15) is 166 Å². The van der Waals surface area contributed by atoms with Crippen molar-refractivity contribution in [1.82, 2.24) is 0 Å². The van der Waals surface area contributed by atoms with Crippen LogP contribution in [0.5, 0.6) is 0 Å². The van der Waals surface area contributed by atoms with Gasteiger partial charge in [-0.2, -0.15) is 9.98 Å². The van der Waals surface area contributed by atoms with Crippen LogP contribution in [0.15, 0.2) is 56.4 Å². The Morgan fingerprint density at radius 2 is 0.979 bits per heavy atom. The van der Waals surface area contributed by atoms with E-state index in [9.17, 15) is 0 Å². The molecule has 2 saturated carbocycles. The molecule has 0 aromatic heterocycles. The highest BCUT2D eigenvalue weighted by molar-refractivity contribution is 14.2. The van der Waals surface area contributed by atoms with Crippen molar-refractivity contribution in [1.29, 1.82) is 0 Å². The van der Waals surface area contributed by atoms with Crippen molar-refractivity contribution in [3.8, 4) is 0 Å². The zero-order valence-electron chi connectivity index (χ0n) is 31.1. The van der Waals surface area contributed by atoms with Gasteiger partial charge in [0.2, 0.25) is 0 Å². The summed E-state index contributed by atoms with van der Waals surface area (Å²) in [4.78, 5) is 17.7. The maximum absolute atomic E-state index is 4.73. The van der Waals surface area contributed by atoms with Crippen molar-refractivity contribution in [2.24, 2.45) is 37.7 Å². The number of aliphatic imine (C=N–C) groups is 4. The fraction of sp³-hybridized carbons (Fsp3) is 0.659. The Kier molecular flexibility index (Phi) is 19.5. The predicted octanol–water partition coefficient (Wildman–Crippen LogP) is 14.1. The molecule has 0 unspecified atom stereocenters. The molecule has 0 heterocycles. The van der Waals surface area contributed by atoms with E-state index < -0.39 is 0 Å². The molecule has 6 heteroatoms. The second kappa shape index (κ2) is 22.1. The van der Waals surface area contributed by atoms with Gasteiger partial charge >= 0.3 is 0 Å². The zero-order valence-corrected chi connectivity index (χ0v) is 34.1. The molecular formula is C41H63IN4S. The summed E-state index contributed by atoms with van der Waals surface area (Å²) in [6.07, 6.45) is 12.7. The summed E-state index contributed by atoms with van der Waals surface area (Å²) in [7, 11) is 5.25. The molecule has 2 fully saturated rings. The van der Waals surface area contributed by atoms with Gasteiger partial charge in [0, 0.05) is 7.05 Å². The Hall–Kier alpha value is -1.72. The molecule has 0 amide bonds. The molecule has 0 bridgehead atoms. The molecule has 0 N–H and O–H groups in total. The number of hydrogen-bond donors (Lipinski definition) is 1. The van der Waals surface area contributed by atoms with Gasteiger partial charge in [0.1, 0.15) is 6.01 Å². The fourth-order valence-corrected chi connectivity index (χ4v) is 7.09. The van der Waals surface area contributed by atoms with Crippen molar-refractivity contribution in [2.75, 3.05) is 7.05 Å². The summed E-state index contributed by atoms with van der Waals surface area (Å²) in [6.45, 7) is 20.1. The van der Waals surface area contributed by atoms with Gasteiger partial charge in [0.25, 0.3) is 0 Å². The molecular weight excluding hydrogens is 707 g/mol. The second-order valence-corrected chi connectivity index (χ2v) is 15.0. The summed E-state index contributed by atoms with van der Waals surface area (Å²) < 4.78 is 0. The second-order valence-electron chi connectivity index (χ2n) is 15.0. The van der Waals surface area contributed by atoms with Gasteiger partial charge in [-0.1, -0.05) is 124 Å². The SMILES string of the molecule is CC(C)c1cccc(C(C)C)c1N=C=Nc1c(C(C)C)cccc1C(C)C.CN=C=NC1CCC(CC2CCC(C)CC2)CC1.SI. The van der Waals surface area contributed by atoms with Crippen LogP contribution in [-0.2, 0) is 0 Å². The highest BCUT2D eigenvalue weighted by atomic mass is 127. The zero-order chi connectivity index (χ0) is 34.9. The molecule has 4 rings (SSSR count). The summed E-state index contributed by atoms with van der Waals surface area (Å²) in [5.74, 6) is 4.66. The third-order valence-corrected chi connectivity index (χ3v) is 9.97. The third kappa shape index (κ3) is 13.6. The molecule has 0 radical (unpaired) electrons. The number of para-hydroxylation sites is 2. The first kappa shape index (κ1) is 41.5. The smallest absolute Gasteiger partial charge is 0.101 e. The van der Waals surface area contributed by atoms with E-state index in [1.807, 2.05) is 21.2 Å². The molecule has 2 aromatic carbocycles. The molecule has 2 aliphatic carbocycles. The number of rotatable bonds is 9. The lowest BCUT2D eigenvalue weighted by molar-refractivity contribution is 0.212. The fourth-order valence-electron chi connectivity index (χ4n) is 7.09. The Labute approximate surface area is 306 Å². The van der Waals surface area contributed by atoms with E-state index in [-0.39, 0.29) is 0 Å². The predicted molar refractivity (Wildman–Crippen MR) is 219 cm³/mol. The lowest BCUT2D eigenvalue weighted by Crippen LogP contribution is -2.21. The largest absolute Gasteiger partial charge is 0.229 e. The van der Waals surface area contributed by atoms with E-state index in [4.69, 9.17) is 9.98 Å². The molecule has 0 atom stereocenters. The van der Waals surface area contributed by atoms with Gasteiger partial charge in [-0.3, -0.25) is 0 Å². The highest BCUT2D eigenvalue weighted by Gasteiger charge is 2.25. The topological polar surface area (TPSA) is 49.4 Å². The normalized spacial score (nSPS) is 20.8. The van der Waals surface area contributed by atoms with Gasteiger partial charge in [-0.25, -0.2) is 9.98 Å². The molecule has 2 aliphatic rings. The Balaban J connectivity index is 0.000000332. The van der Waals surface area contributed by atoms with Crippen LogP contribution >= 0.6 is 31.0 Å². The Bertz CT molecular complexity index is 1200. The number of nitrogens with zero attached hydrogens (tertiary/aromatic N) is 4. The summed E-state index contributed by atoms with van der Waals surface area (Å²) in [5, 5.41) is 0. The van der Waals surface area contributed by atoms with E-state index in [0.29, 0.717) is 29.7 Å². The summed E-state index contributed by atoms with van der Waals surface area (Å²) >= 11 is 1.84. The molecule has 0 aliphatic heterocycles. The van der Waals surface area contributed by atoms with E-state index in [2.05, 4.69) is 131 Å². The van der Waals surface area contributed by atoms with Crippen molar-refractivity contribution < 1.29 is 0 Å². The van der Waals surface area contributed by atoms with Crippen LogP contribution in [0, 0.1) is 17.8 Å². The molecule has 0 saturated heterocycles. The average molecular weight is 771 g/mol. The van der Waals surface area contributed by atoms with Gasteiger partial charge in [0.15, 0.2) is 0 Å². The minimum absolute atomic E-state index is 0.415. The first-order valence-corrected chi connectivity index (χ1v) is 21.4. The minimum Gasteiger partial charge on any atom is -0.229 e. The van der Waals surface area contributed by atoms with E-state index in [0.717, 1.165) is 29.1 Å². The molecule has 2 aromatic rings. The van der Waals surface area contributed by atoms with Crippen molar-refractivity contribution in [2.45, 2.75) is 150 Å². The number of thiol groups is 1. The molecule has 260 valence electrons. The monoisotopic (exact) mass is 770 g/mol. The van der Waals surface area contributed by atoms with Crippen LogP contribution in [-0.4, -0.2) is 25.1 Å². The maximum atomic E-state index is 4.73. The van der Waals surface area contributed by atoms with E-state index >= 15 is 0 Å². The number of halogens is 1. The van der Waals surface area contributed by atoms with Crippen LogP contribution < -0.4 is 0 Å². The summed E-state index contributed by atoms with van der Waals surface area (Å²) in [5.41, 5.74) is 7.07. The Morgan fingerprint density at radius 3 is 1.32 bits per heavy atom. The third-order valence-electron chi connectivity index (χ3n) is 9.97.